The molecule has 1 aromatic carbocycles. The number of hydrogen-bond acceptors (Lipinski definition) is 2. The van der Waals surface area contributed by atoms with Crippen LogP contribution in [0.15, 0.2) is 24.3 Å². The van der Waals surface area contributed by atoms with Crippen molar-refractivity contribution in [3.05, 3.63) is 29.8 Å². The zero-order chi connectivity index (χ0) is 12.3. The van der Waals surface area contributed by atoms with E-state index in [-0.39, 0.29) is 5.75 Å². The predicted molar refractivity (Wildman–Crippen MR) is 69.0 cm³/mol. The van der Waals surface area contributed by atoms with Gasteiger partial charge in [-0.15, -0.1) is 0 Å². The van der Waals surface area contributed by atoms with Gasteiger partial charge in [-0.1, -0.05) is 25.5 Å². The fraction of sp³-hybridized carbons (Fsp3) is 0.600. The van der Waals surface area contributed by atoms with Gasteiger partial charge in [0, 0.05) is 6.42 Å². The third kappa shape index (κ3) is 3.22. The lowest BCUT2D eigenvalue weighted by molar-refractivity contribution is -0.00923. The lowest BCUT2D eigenvalue weighted by atomic mass is 9.75. The summed E-state index contributed by atoms with van der Waals surface area (Å²) in [5.41, 5.74) is 0.474. The SMILES string of the molecule is CCC1CCC(O)(Cc2cccc(O)c2)CC1. The first-order valence-corrected chi connectivity index (χ1v) is 6.61. The van der Waals surface area contributed by atoms with Gasteiger partial charge in [-0.25, -0.2) is 0 Å². The van der Waals surface area contributed by atoms with Crippen LogP contribution < -0.4 is 0 Å². The molecule has 0 spiro atoms. The van der Waals surface area contributed by atoms with E-state index in [1.54, 1.807) is 12.1 Å². The van der Waals surface area contributed by atoms with Crippen molar-refractivity contribution in [1.82, 2.24) is 0 Å². The van der Waals surface area contributed by atoms with Crippen LogP contribution in [0.1, 0.15) is 44.6 Å². The molecule has 2 N–H and O–H groups in total. The van der Waals surface area contributed by atoms with E-state index in [4.69, 9.17) is 0 Å². The molecule has 0 aliphatic heterocycles. The van der Waals surface area contributed by atoms with Crippen molar-refractivity contribution < 1.29 is 10.2 Å². The van der Waals surface area contributed by atoms with Gasteiger partial charge in [-0.3, -0.25) is 0 Å². The third-order valence-electron chi connectivity index (χ3n) is 4.06. The van der Waals surface area contributed by atoms with Crippen LogP contribution in [-0.2, 0) is 6.42 Å². The largest absolute Gasteiger partial charge is 0.508 e. The average Bonchev–Trinajstić information content (AvgIpc) is 2.29. The molecular formula is C15H22O2. The molecule has 94 valence electrons. The molecule has 0 atom stereocenters. The quantitative estimate of drug-likeness (QED) is 0.842. The maximum absolute atomic E-state index is 10.5. The van der Waals surface area contributed by atoms with Crippen molar-refractivity contribution in [2.24, 2.45) is 5.92 Å². The summed E-state index contributed by atoms with van der Waals surface area (Å²) in [6, 6.07) is 7.24. The Hall–Kier alpha value is -1.02. The van der Waals surface area contributed by atoms with Gasteiger partial charge in [-0.05, 0) is 49.3 Å². The Morgan fingerprint density at radius 2 is 2.00 bits per heavy atom. The van der Waals surface area contributed by atoms with Crippen LogP contribution in [0.3, 0.4) is 0 Å². The van der Waals surface area contributed by atoms with E-state index in [1.807, 2.05) is 12.1 Å². The highest BCUT2D eigenvalue weighted by Gasteiger charge is 2.32. The number of rotatable bonds is 3. The van der Waals surface area contributed by atoms with Crippen LogP contribution >= 0.6 is 0 Å². The number of aliphatic hydroxyl groups is 1. The van der Waals surface area contributed by atoms with Crippen LogP contribution in [0, 0.1) is 5.92 Å². The normalized spacial score (nSPS) is 29.2. The van der Waals surface area contributed by atoms with Crippen molar-refractivity contribution in [3.8, 4) is 5.75 Å². The predicted octanol–water partition coefficient (Wildman–Crippen LogP) is 3.27. The molecule has 0 amide bonds. The number of phenolic OH excluding ortho intramolecular Hbond substituents is 1. The fourth-order valence-corrected chi connectivity index (χ4v) is 2.85. The topological polar surface area (TPSA) is 40.5 Å². The number of phenols is 1. The fourth-order valence-electron chi connectivity index (χ4n) is 2.85. The summed E-state index contributed by atoms with van der Waals surface area (Å²) >= 11 is 0. The second kappa shape index (κ2) is 5.09. The molecule has 1 saturated carbocycles. The summed E-state index contributed by atoms with van der Waals surface area (Å²) in [5.74, 6) is 1.08. The second-order valence-corrected chi connectivity index (χ2v) is 5.42. The lowest BCUT2D eigenvalue weighted by Gasteiger charge is -2.36. The Morgan fingerprint density at radius 1 is 1.29 bits per heavy atom. The molecule has 2 rings (SSSR count). The summed E-state index contributed by atoms with van der Waals surface area (Å²) in [4.78, 5) is 0. The highest BCUT2D eigenvalue weighted by Crippen LogP contribution is 2.36. The molecule has 1 aliphatic rings. The summed E-state index contributed by atoms with van der Waals surface area (Å²) in [5, 5.41) is 20.0. The first-order chi connectivity index (χ1) is 8.11. The lowest BCUT2D eigenvalue weighted by Crippen LogP contribution is -2.36. The van der Waals surface area contributed by atoms with Crippen LogP contribution in [-0.4, -0.2) is 15.8 Å². The van der Waals surface area contributed by atoms with E-state index in [9.17, 15) is 10.2 Å². The number of benzene rings is 1. The summed E-state index contributed by atoms with van der Waals surface area (Å²) in [6.45, 7) is 2.23. The zero-order valence-corrected chi connectivity index (χ0v) is 10.5. The molecule has 0 unspecified atom stereocenters. The maximum atomic E-state index is 10.5. The second-order valence-electron chi connectivity index (χ2n) is 5.42. The van der Waals surface area contributed by atoms with E-state index in [2.05, 4.69) is 6.92 Å². The molecule has 17 heavy (non-hydrogen) atoms. The molecule has 2 heteroatoms. The molecule has 1 fully saturated rings. The molecule has 0 bridgehead atoms. The van der Waals surface area contributed by atoms with Crippen molar-refractivity contribution in [2.75, 3.05) is 0 Å². The van der Waals surface area contributed by atoms with Crippen LogP contribution in [0.25, 0.3) is 0 Å². The molecule has 2 nitrogen and oxygen atoms in total. The minimum atomic E-state index is -0.556. The van der Waals surface area contributed by atoms with Gasteiger partial charge < -0.3 is 10.2 Å². The number of hydrogen-bond donors (Lipinski definition) is 2. The molecule has 0 saturated heterocycles. The van der Waals surface area contributed by atoms with E-state index >= 15 is 0 Å². The van der Waals surface area contributed by atoms with E-state index in [0.29, 0.717) is 6.42 Å². The molecule has 1 aliphatic carbocycles. The van der Waals surface area contributed by atoms with Gasteiger partial charge in [-0.2, -0.15) is 0 Å². The standard InChI is InChI=1S/C15H22O2/c1-2-12-6-8-15(17,9-7-12)11-13-4-3-5-14(16)10-13/h3-5,10,12,16-17H,2,6-9,11H2,1H3. The number of aromatic hydroxyl groups is 1. The minimum Gasteiger partial charge on any atom is -0.508 e. The average molecular weight is 234 g/mol. The monoisotopic (exact) mass is 234 g/mol. The molecule has 0 aromatic heterocycles. The first-order valence-electron chi connectivity index (χ1n) is 6.61. The maximum Gasteiger partial charge on any atom is 0.115 e. The smallest absolute Gasteiger partial charge is 0.115 e. The van der Waals surface area contributed by atoms with Gasteiger partial charge in [0.1, 0.15) is 5.75 Å². The van der Waals surface area contributed by atoms with Gasteiger partial charge >= 0.3 is 0 Å². The van der Waals surface area contributed by atoms with Crippen molar-refractivity contribution in [3.63, 3.8) is 0 Å². The zero-order valence-electron chi connectivity index (χ0n) is 10.5. The Morgan fingerprint density at radius 3 is 2.59 bits per heavy atom. The molecule has 0 heterocycles. The van der Waals surface area contributed by atoms with Crippen LogP contribution in [0.4, 0.5) is 0 Å². The first kappa shape index (κ1) is 12.4. The van der Waals surface area contributed by atoms with Crippen molar-refractivity contribution in [2.45, 2.75) is 51.0 Å². The molecule has 0 radical (unpaired) electrons. The van der Waals surface area contributed by atoms with E-state index < -0.39 is 5.60 Å². The minimum absolute atomic E-state index is 0.286. The highest BCUT2D eigenvalue weighted by atomic mass is 16.3. The Kier molecular flexibility index (Phi) is 3.72. The van der Waals surface area contributed by atoms with E-state index in [1.165, 1.54) is 6.42 Å². The van der Waals surface area contributed by atoms with Crippen LogP contribution in [0.5, 0.6) is 5.75 Å². The van der Waals surface area contributed by atoms with Crippen LogP contribution in [0.2, 0.25) is 0 Å². The van der Waals surface area contributed by atoms with Crippen molar-refractivity contribution in [1.29, 1.82) is 0 Å². The summed E-state index contributed by atoms with van der Waals surface area (Å²) in [6.07, 6.45) is 5.93. The molecular weight excluding hydrogens is 212 g/mol. The van der Waals surface area contributed by atoms with Gasteiger partial charge in [0.15, 0.2) is 0 Å². The van der Waals surface area contributed by atoms with Gasteiger partial charge in [0.25, 0.3) is 0 Å². The Labute approximate surface area is 103 Å². The van der Waals surface area contributed by atoms with Gasteiger partial charge in [0.05, 0.1) is 5.60 Å². The Balaban J connectivity index is 1.99. The Bertz CT molecular complexity index is 365. The summed E-state index contributed by atoms with van der Waals surface area (Å²) < 4.78 is 0. The van der Waals surface area contributed by atoms with Crippen molar-refractivity contribution >= 4 is 0 Å². The highest BCUT2D eigenvalue weighted by molar-refractivity contribution is 5.28. The van der Waals surface area contributed by atoms with E-state index in [0.717, 1.165) is 37.2 Å². The molecule has 1 aromatic rings. The summed E-state index contributed by atoms with van der Waals surface area (Å²) in [7, 11) is 0. The van der Waals surface area contributed by atoms with Gasteiger partial charge in [0.2, 0.25) is 0 Å². The third-order valence-corrected chi connectivity index (χ3v) is 4.06.